The van der Waals surface area contributed by atoms with Crippen molar-refractivity contribution in [2.75, 3.05) is 0 Å². The van der Waals surface area contributed by atoms with Crippen molar-refractivity contribution in [3.8, 4) is 11.1 Å². The third-order valence-corrected chi connectivity index (χ3v) is 11.3. The van der Waals surface area contributed by atoms with Gasteiger partial charge >= 0.3 is 0 Å². The number of allylic oxidation sites excluding steroid dienone is 4. The maximum Gasteiger partial charge on any atom is 0.143 e. The van der Waals surface area contributed by atoms with E-state index < -0.39 is 0 Å². The fourth-order valence-corrected chi connectivity index (χ4v) is 8.98. The van der Waals surface area contributed by atoms with Gasteiger partial charge in [0.1, 0.15) is 22.3 Å². The first-order chi connectivity index (χ1) is 23.6. The predicted molar refractivity (Wildman–Crippen MR) is 199 cm³/mol. The minimum atomic E-state index is -0.0367. The maximum atomic E-state index is 6.57. The smallest absolute Gasteiger partial charge is 0.143 e. The van der Waals surface area contributed by atoms with Crippen LogP contribution in [0.4, 0.5) is 0 Å². The summed E-state index contributed by atoms with van der Waals surface area (Å²) >= 11 is 0. The molecule has 228 valence electrons. The van der Waals surface area contributed by atoms with Crippen LogP contribution in [-0.4, -0.2) is 4.57 Å². The largest absolute Gasteiger partial charge is 0.455 e. The molecule has 0 saturated carbocycles. The fraction of sp³-hybridized carbons (Fsp3) is 0.111. The van der Waals surface area contributed by atoms with Gasteiger partial charge in [-0.15, -0.1) is 0 Å². The Balaban J connectivity index is 1.10. The number of nitrogens with zero attached hydrogens (tertiary/aromatic N) is 1. The van der Waals surface area contributed by atoms with Crippen LogP contribution in [0.5, 0.6) is 0 Å². The zero-order chi connectivity index (χ0) is 31.7. The van der Waals surface area contributed by atoms with Gasteiger partial charge in [0.15, 0.2) is 0 Å². The van der Waals surface area contributed by atoms with Gasteiger partial charge in [-0.25, -0.2) is 0 Å². The van der Waals surface area contributed by atoms with Gasteiger partial charge in [-0.1, -0.05) is 111 Å². The lowest BCUT2D eigenvalue weighted by Gasteiger charge is -2.32. The zero-order valence-electron chi connectivity index (χ0n) is 26.7. The van der Waals surface area contributed by atoms with E-state index in [1.807, 2.05) is 6.07 Å². The van der Waals surface area contributed by atoms with Crippen molar-refractivity contribution in [1.29, 1.82) is 0 Å². The summed E-state index contributed by atoms with van der Waals surface area (Å²) in [4.78, 5) is 0. The van der Waals surface area contributed by atoms with Crippen molar-refractivity contribution in [2.24, 2.45) is 5.92 Å². The lowest BCUT2D eigenvalue weighted by Crippen LogP contribution is -2.25. The Kier molecular flexibility index (Phi) is 5.02. The fourth-order valence-electron chi connectivity index (χ4n) is 8.98. The van der Waals surface area contributed by atoms with Crippen LogP contribution in [-0.2, 0) is 5.41 Å². The molecule has 0 aliphatic heterocycles. The molecule has 0 N–H and O–H groups in total. The molecule has 0 amide bonds. The van der Waals surface area contributed by atoms with Gasteiger partial charge in [-0.05, 0) is 70.9 Å². The zero-order valence-corrected chi connectivity index (χ0v) is 26.7. The van der Waals surface area contributed by atoms with Gasteiger partial charge in [0.2, 0.25) is 0 Å². The second-order valence-electron chi connectivity index (χ2n) is 14.1. The Morgan fingerprint density at radius 3 is 2.06 bits per heavy atom. The molecular formula is C45H31NO2. The van der Waals surface area contributed by atoms with Crippen LogP contribution in [0, 0.1) is 5.92 Å². The van der Waals surface area contributed by atoms with E-state index in [2.05, 4.69) is 146 Å². The minimum absolute atomic E-state index is 0.0367. The number of benzene rings is 6. The van der Waals surface area contributed by atoms with Crippen LogP contribution < -0.4 is 0 Å². The van der Waals surface area contributed by atoms with Gasteiger partial charge in [0, 0.05) is 49.1 Å². The normalized spacial score (nSPS) is 17.1. The van der Waals surface area contributed by atoms with Crippen LogP contribution in [0.25, 0.3) is 88.1 Å². The quantitative estimate of drug-likeness (QED) is 0.193. The molecule has 0 unspecified atom stereocenters. The van der Waals surface area contributed by atoms with Gasteiger partial charge in [0.25, 0.3) is 0 Å². The molecule has 3 nitrogen and oxygen atoms in total. The van der Waals surface area contributed by atoms with E-state index in [1.165, 1.54) is 55.0 Å². The number of hydrogen-bond donors (Lipinski definition) is 0. The molecule has 0 bridgehead atoms. The molecule has 2 aliphatic carbocycles. The topological polar surface area (TPSA) is 31.2 Å². The highest BCUT2D eigenvalue weighted by Gasteiger charge is 2.45. The highest BCUT2D eigenvalue weighted by Crippen LogP contribution is 2.57. The summed E-state index contributed by atoms with van der Waals surface area (Å²) in [6.07, 6.45) is 5.68. The third-order valence-electron chi connectivity index (χ3n) is 11.3. The van der Waals surface area contributed by atoms with E-state index >= 15 is 0 Å². The lowest BCUT2D eigenvalue weighted by atomic mass is 9.74. The van der Waals surface area contributed by atoms with Crippen molar-refractivity contribution < 1.29 is 8.83 Å². The summed E-state index contributed by atoms with van der Waals surface area (Å²) in [5.74, 6) is 0.340. The average Bonchev–Trinajstić information content (AvgIpc) is 3.85. The third kappa shape index (κ3) is 3.33. The number of furan rings is 2. The molecular weight excluding hydrogens is 587 g/mol. The number of aromatic nitrogens is 1. The first-order valence-electron chi connectivity index (χ1n) is 16.9. The first kappa shape index (κ1) is 26.3. The van der Waals surface area contributed by atoms with Crippen molar-refractivity contribution >= 4 is 77.0 Å². The SMILES string of the molecule is CC1(C)c2ccc3c(oc4ccccc43)c2C2=CC=C(n3c4ccccc4c4cc(-c5cccc6c5oc5ccccc56)ccc43)C[C@@H]21. The molecule has 9 aromatic rings. The molecule has 6 aromatic carbocycles. The maximum absolute atomic E-state index is 6.57. The van der Waals surface area contributed by atoms with E-state index in [-0.39, 0.29) is 5.41 Å². The summed E-state index contributed by atoms with van der Waals surface area (Å²) in [6, 6.07) is 43.6. The summed E-state index contributed by atoms with van der Waals surface area (Å²) in [5, 5.41) is 7.21. The Labute approximate surface area is 277 Å². The molecule has 0 fully saturated rings. The standard InChI is InChI=1S/C45H31NO2/c1-45(2)36-22-21-33-31-12-5-8-17-41(31)48-44(33)42(36)34-20-19-27(25-37(34)45)46-38-15-6-3-10-29(38)35-24-26(18-23-39(35)46)28-13-9-14-32-30-11-4-7-16-40(30)47-43(28)32/h3-24,37H,25H2,1-2H3/t37-/m0/s1. The van der Waals surface area contributed by atoms with E-state index in [9.17, 15) is 0 Å². The molecule has 2 aliphatic rings. The molecule has 48 heavy (non-hydrogen) atoms. The van der Waals surface area contributed by atoms with Crippen molar-refractivity contribution in [2.45, 2.75) is 25.7 Å². The van der Waals surface area contributed by atoms with E-state index in [0.29, 0.717) is 5.92 Å². The number of fused-ring (bicyclic) bond motifs is 13. The van der Waals surface area contributed by atoms with Crippen LogP contribution >= 0.6 is 0 Å². The molecule has 3 heteroatoms. The second-order valence-corrected chi connectivity index (χ2v) is 14.1. The first-order valence-corrected chi connectivity index (χ1v) is 16.9. The van der Waals surface area contributed by atoms with Crippen LogP contribution in [0.3, 0.4) is 0 Å². The van der Waals surface area contributed by atoms with Gasteiger partial charge < -0.3 is 13.4 Å². The second kappa shape index (κ2) is 9.17. The minimum Gasteiger partial charge on any atom is -0.455 e. The number of rotatable bonds is 2. The lowest BCUT2D eigenvalue weighted by molar-refractivity contribution is 0.415. The van der Waals surface area contributed by atoms with Crippen molar-refractivity contribution in [1.82, 2.24) is 4.57 Å². The predicted octanol–water partition coefficient (Wildman–Crippen LogP) is 12.5. The molecule has 11 rings (SSSR count). The van der Waals surface area contributed by atoms with Crippen LogP contribution in [0.2, 0.25) is 0 Å². The van der Waals surface area contributed by atoms with Crippen LogP contribution in [0.15, 0.2) is 142 Å². The molecule has 0 spiro atoms. The summed E-state index contributed by atoms with van der Waals surface area (Å²) < 4.78 is 15.5. The Hall–Kier alpha value is -5.80. The summed E-state index contributed by atoms with van der Waals surface area (Å²) in [7, 11) is 0. The van der Waals surface area contributed by atoms with Crippen molar-refractivity contribution in [3.63, 3.8) is 0 Å². The molecule has 0 radical (unpaired) electrons. The van der Waals surface area contributed by atoms with Crippen molar-refractivity contribution in [3.05, 3.63) is 145 Å². The monoisotopic (exact) mass is 617 g/mol. The summed E-state index contributed by atoms with van der Waals surface area (Å²) in [6.45, 7) is 4.82. The average molecular weight is 618 g/mol. The highest BCUT2D eigenvalue weighted by molar-refractivity contribution is 6.14. The highest BCUT2D eigenvalue weighted by atomic mass is 16.3. The Morgan fingerprint density at radius 2 is 1.25 bits per heavy atom. The molecule has 0 saturated heterocycles. The Bertz CT molecular complexity index is 2900. The van der Waals surface area contributed by atoms with E-state index in [4.69, 9.17) is 8.83 Å². The molecule has 3 aromatic heterocycles. The number of para-hydroxylation sites is 4. The van der Waals surface area contributed by atoms with Gasteiger partial charge in [-0.2, -0.15) is 0 Å². The molecule has 1 atom stereocenters. The van der Waals surface area contributed by atoms with E-state index in [1.54, 1.807) is 0 Å². The van der Waals surface area contributed by atoms with E-state index in [0.717, 1.165) is 50.7 Å². The Morgan fingerprint density at radius 1 is 0.583 bits per heavy atom. The van der Waals surface area contributed by atoms with Crippen LogP contribution in [0.1, 0.15) is 31.4 Å². The number of hydrogen-bond acceptors (Lipinski definition) is 2. The summed E-state index contributed by atoms with van der Waals surface area (Å²) in [5.41, 5.74) is 13.9. The van der Waals surface area contributed by atoms with Gasteiger partial charge in [-0.3, -0.25) is 0 Å². The molecule has 3 heterocycles. The van der Waals surface area contributed by atoms with Gasteiger partial charge in [0.05, 0.1) is 11.0 Å².